The van der Waals surface area contributed by atoms with Crippen LogP contribution in [0.15, 0.2) is 46.9 Å². The van der Waals surface area contributed by atoms with Crippen LogP contribution in [0.5, 0.6) is 0 Å². The molecule has 0 saturated carbocycles. The Bertz CT molecular complexity index is 665. The maximum Gasteiger partial charge on any atom is 0.408 e. The van der Waals surface area contributed by atoms with Crippen LogP contribution in [0.4, 0.5) is 4.79 Å². The number of carbonyl (C=O) groups excluding carboxylic acids is 2. The fourth-order valence-electron chi connectivity index (χ4n) is 2.17. The lowest BCUT2D eigenvalue weighted by Crippen LogP contribution is -2.43. The molecule has 1 amide bonds. The highest BCUT2D eigenvalue weighted by atomic mass is 16.6. The lowest BCUT2D eigenvalue weighted by Gasteiger charge is -2.15. The molecule has 128 valence electrons. The molecule has 0 radical (unpaired) electrons. The molecule has 1 atom stereocenters. The number of hydrogen-bond donors (Lipinski definition) is 1. The van der Waals surface area contributed by atoms with Gasteiger partial charge in [0.25, 0.3) is 0 Å². The van der Waals surface area contributed by atoms with E-state index in [2.05, 4.69) is 5.32 Å². The van der Waals surface area contributed by atoms with Gasteiger partial charge in [0.15, 0.2) is 0 Å². The van der Waals surface area contributed by atoms with E-state index in [1.165, 1.54) is 7.11 Å². The fraction of sp³-hybridized carbons (Fsp3) is 0.333. The lowest BCUT2D eigenvalue weighted by molar-refractivity contribution is -0.143. The summed E-state index contributed by atoms with van der Waals surface area (Å²) in [5.41, 5.74) is 0.862. The van der Waals surface area contributed by atoms with E-state index in [0.29, 0.717) is 5.76 Å². The Balaban J connectivity index is 1.92. The third kappa shape index (κ3) is 5.15. The van der Waals surface area contributed by atoms with Crippen LogP contribution in [0.2, 0.25) is 0 Å². The first kappa shape index (κ1) is 17.6. The van der Waals surface area contributed by atoms with Gasteiger partial charge in [-0.2, -0.15) is 0 Å². The predicted molar refractivity (Wildman–Crippen MR) is 87.4 cm³/mol. The molecular formula is C18H21NO5. The van der Waals surface area contributed by atoms with Crippen molar-refractivity contribution in [3.8, 4) is 0 Å². The molecule has 0 aliphatic carbocycles. The zero-order valence-corrected chi connectivity index (χ0v) is 13.8. The molecule has 24 heavy (non-hydrogen) atoms. The molecule has 1 unspecified atom stereocenters. The van der Waals surface area contributed by atoms with Gasteiger partial charge in [-0.05, 0) is 17.7 Å². The number of aryl methyl sites for hydroxylation is 1. The summed E-state index contributed by atoms with van der Waals surface area (Å²) < 4.78 is 15.4. The van der Waals surface area contributed by atoms with Gasteiger partial charge in [-0.25, -0.2) is 9.59 Å². The van der Waals surface area contributed by atoms with E-state index in [1.807, 2.05) is 43.3 Å². The molecule has 0 aliphatic heterocycles. The average molecular weight is 331 g/mol. The van der Waals surface area contributed by atoms with Crippen molar-refractivity contribution in [2.24, 2.45) is 0 Å². The highest BCUT2D eigenvalue weighted by Crippen LogP contribution is 2.11. The molecule has 2 aromatic rings. The van der Waals surface area contributed by atoms with Gasteiger partial charge in [0.2, 0.25) is 0 Å². The zero-order chi connectivity index (χ0) is 17.4. The van der Waals surface area contributed by atoms with Crippen LogP contribution in [-0.4, -0.2) is 25.2 Å². The Kier molecular flexibility index (Phi) is 6.42. The second-order valence-corrected chi connectivity index (χ2v) is 5.21. The number of ether oxygens (including phenoxy) is 2. The smallest absolute Gasteiger partial charge is 0.408 e. The van der Waals surface area contributed by atoms with Gasteiger partial charge in [-0.15, -0.1) is 0 Å². The van der Waals surface area contributed by atoms with Crippen LogP contribution in [0.1, 0.15) is 24.0 Å². The van der Waals surface area contributed by atoms with E-state index in [0.717, 1.165) is 17.7 Å². The standard InChI is InChI=1S/C18H21NO5/c1-3-14-9-10-15(24-14)11-16(17(20)22-2)19-18(21)23-12-13-7-5-4-6-8-13/h4-10,16H,3,11-12H2,1-2H3,(H,19,21). The van der Waals surface area contributed by atoms with Gasteiger partial charge >= 0.3 is 12.1 Å². The van der Waals surface area contributed by atoms with Gasteiger partial charge in [0.1, 0.15) is 24.2 Å². The summed E-state index contributed by atoms with van der Waals surface area (Å²) in [6.07, 6.45) is 0.277. The minimum atomic E-state index is -0.867. The summed E-state index contributed by atoms with van der Waals surface area (Å²) in [4.78, 5) is 23.8. The van der Waals surface area contributed by atoms with E-state index in [1.54, 1.807) is 6.07 Å². The Hall–Kier alpha value is -2.76. The maximum atomic E-state index is 11.9. The Labute approximate surface area is 140 Å². The molecule has 0 saturated heterocycles. The van der Waals surface area contributed by atoms with E-state index in [9.17, 15) is 9.59 Å². The number of benzene rings is 1. The van der Waals surface area contributed by atoms with Crippen LogP contribution >= 0.6 is 0 Å². The van der Waals surface area contributed by atoms with Crippen molar-refractivity contribution in [2.45, 2.75) is 32.4 Å². The largest absolute Gasteiger partial charge is 0.467 e. The summed E-state index contributed by atoms with van der Waals surface area (Å²) in [6, 6.07) is 12.1. The first-order valence-electron chi connectivity index (χ1n) is 7.75. The number of furan rings is 1. The van der Waals surface area contributed by atoms with E-state index in [4.69, 9.17) is 13.9 Å². The molecule has 1 N–H and O–H groups in total. The number of methoxy groups -OCH3 is 1. The molecule has 0 spiro atoms. The number of rotatable bonds is 7. The van der Waals surface area contributed by atoms with E-state index >= 15 is 0 Å². The van der Waals surface area contributed by atoms with E-state index < -0.39 is 18.1 Å². The van der Waals surface area contributed by atoms with Crippen molar-refractivity contribution in [3.05, 3.63) is 59.5 Å². The Morgan fingerprint density at radius 3 is 2.46 bits per heavy atom. The Morgan fingerprint density at radius 1 is 1.12 bits per heavy atom. The molecule has 6 heteroatoms. The molecule has 1 aromatic carbocycles. The normalized spacial score (nSPS) is 11.6. The van der Waals surface area contributed by atoms with Crippen LogP contribution in [-0.2, 0) is 33.7 Å². The van der Waals surface area contributed by atoms with Gasteiger partial charge in [-0.3, -0.25) is 0 Å². The first-order valence-corrected chi connectivity index (χ1v) is 7.75. The molecule has 1 aromatic heterocycles. The number of hydrogen-bond acceptors (Lipinski definition) is 5. The van der Waals surface area contributed by atoms with Gasteiger partial charge in [0, 0.05) is 12.8 Å². The summed E-state index contributed by atoms with van der Waals surface area (Å²) in [6.45, 7) is 2.10. The number of amides is 1. The van der Waals surface area contributed by atoms with Crippen LogP contribution < -0.4 is 5.32 Å². The lowest BCUT2D eigenvalue weighted by atomic mass is 10.2. The highest BCUT2D eigenvalue weighted by molar-refractivity contribution is 5.81. The molecule has 0 aliphatic rings. The number of esters is 1. The van der Waals surface area contributed by atoms with Crippen molar-refractivity contribution in [1.82, 2.24) is 5.32 Å². The van der Waals surface area contributed by atoms with Crippen LogP contribution in [0, 0.1) is 0 Å². The summed E-state index contributed by atoms with van der Waals surface area (Å²) in [7, 11) is 1.27. The second-order valence-electron chi connectivity index (χ2n) is 5.21. The third-order valence-electron chi connectivity index (χ3n) is 3.46. The van der Waals surface area contributed by atoms with Crippen molar-refractivity contribution in [1.29, 1.82) is 0 Å². The monoisotopic (exact) mass is 331 g/mol. The number of nitrogens with one attached hydrogen (secondary N) is 1. The van der Waals surface area contributed by atoms with Crippen molar-refractivity contribution < 1.29 is 23.5 Å². The predicted octanol–water partition coefficient (Wildman–Crippen LogP) is 2.85. The number of carbonyl (C=O) groups is 2. The quantitative estimate of drug-likeness (QED) is 0.789. The molecule has 2 rings (SSSR count). The minimum Gasteiger partial charge on any atom is -0.467 e. The summed E-state index contributed by atoms with van der Waals surface area (Å²) in [5, 5.41) is 2.52. The summed E-state index contributed by atoms with van der Waals surface area (Å²) >= 11 is 0. The minimum absolute atomic E-state index is 0.126. The maximum absolute atomic E-state index is 11.9. The fourth-order valence-corrected chi connectivity index (χ4v) is 2.17. The topological polar surface area (TPSA) is 77.8 Å². The van der Waals surface area contributed by atoms with Crippen LogP contribution in [0.3, 0.4) is 0 Å². The van der Waals surface area contributed by atoms with Gasteiger partial charge in [0.05, 0.1) is 7.11 Å². The van der Waals surface area contributed by atoms with Crippen LogP contribution in [0.25, 0.3) is 0 Å². The average Bonchev–Trinajstić information content (AvgIpc) is 3.07. The molecule has 0 bridgehead atoms. The molecule has 6 nitrogen and oxygen atoms in total. The summed E-state index contributed by atoms with van der Waals surface area (Å²) in [5.74, 6) is 0.868. The Morgan fingerprint density at radius 2 is 1.83 bits per heavy atom. The van der Waals surface area contributed by atoms with Gasteiger partial charge in [-0.1, -0.05) is 37.3 Å². The molecule has 1 heterocycles. The van der Waals surface area contributed by atoms with Crippen molar-refractivity contribution in [2.75, 3.05) is 7.11 Å². The van der Waals surface area contributed by atoms with Gasteiger partial charge < -0.3 is 19.2 Å². The third-order valence-corrected chi connectivity index (χ3v) is 3.46. The second kappa shape index (κ2) is 8.76. The van der Waals surface area contributed by atoms with Crippen molar-refractivity contribution >= 4 is 12.1 Å². The first-order chi connectivity index (χ1) is 11.6. The SMILES string of the molecule is CCc1ccc(CC(NC(=O)OCc2ccccc2)C(=O)OC)o1. The zero-order valence-electron chi connectivity index (χ0n) is 13.8. The molecule has 0 fully saturated rings. The number of alkyl carbamates (subject to hydrolysis) is 1. The van der Waals surface area contributed by atoms with E-state index in [-0.39, 0.29) is 13.0 Å². The highest BCUT2D eigenvalue weighted by Gasteiger charge is 2.24. The van der Waals surface area contributed by atoms with Crippen molar-refractivity contribution in [3.63, 3.8) is 0 Å². The molecular weight excluding hydrogens is 310 g/mol.